The van der Waals surface area contributed by atoms with Gasteiger partial charge in [-0.15, -0.1) is 11.6 Å². The first-order valence-corrected chi connectivity index (χ1v) is 14.0. The molecular formula is C29H34ClN5O4. The summed E-state index contributed by atoms with van der Waals surface area (Å²) in [7, 11) is 0. The summed E-state index contributed by atoms with van der Waals surface area (Å²) in [5.74, 6) is 1.57. The highest BCUT2D eigenvalue weighted by Gasteiger charge is 2.22. The van der Waals surface area contributed by atoms with Crippen molar-refractivity contribution in [3.05, 3.63) is 60.0 Å². The van der Waals surface area contributed by atoms with Gasteiger partial charge in [0.2, 0.25) is 5.91 Å². The zero-order valence-electron chi connectivity index (χ0n) is 22.1. The third-order valence-electron chi connectivity index (χ3n) is 6.80. The maximum Gasteiger partial charge on any atom is 0.220 e. The summed E-state index contributed by atoms with van der Waals surface area (Å²) in [5, 5.41) is 18.5. The van der Waals surface area contributed by atoms with Gasteiger partial charge in [-0.25, -0.2) is 9.67 Å². The van der Waals surface area contributed by atoms with Crippen molar-refractivity contribution in [1.82, 2.24) is 20.1 Å². The molecule has 5 rings (SSSR count). The van der Waals surface area contributed by atoms with Crippen molar-refractivity contribution in [3.8, 4) is 17.1 Å². The van der Waals surface area contributed by atoms with Crippen molar-refractivity contribution in [2.24, 2.45) is 0 Å². The van der Waals surface area contributed by atoms with Crippen molar-refractivity contribution in [2.75, 3.05) is 43.6 Å². The number of anilines is 1. The molecule has 10 heteroatoms. The van der Waals surface area contributed by atoms with Gasteiger partial charge in [-0.05, 0) is 38.3 Å². The van der Waals surface area contributed by atoms with E-state index < -0.39 is 6.10 Å². The highest BCUT2D eigenvalue weighted by molar-refractivity contribution is 6.17. The van der Waals surface area contributed by atoms with E-state index in [2.05, 4.69) is 29.3 Å². The largest absolute Gasteiger partial charge is 0.454 e. The van der Waals surface area contributed by atoms with Crippen LogP contribution in [0.2, 0.25) is 0 Å². The Hall–Kier alpha value is -3.40. The van der Waals surface area contributed by atoms with Gasteiger partial charge in [0, 0.05) is 55.8 Å². The Bertz CT molecular complexity index is 1410. The van der Waals surface area contributed by atoms with E-state index in [4.69, 9.17) is 30.8 Å². The van der Waals surface area contributed by atoms with Crippen molar-refractivity contribution in [1.29, 1.82) is 0 Å². The van der Waals surface area contributed by atoms with Crippen molar-refractivity contribution >= 4 is 34.3 Å². The summed E-state index contributed by atoms with van der Waals surface area (Å²) in [5.41, 5.74) is 5.28. The molecule has 0 saturated carbocycles. The molecule has 39 heavy (non-hydrogen) atoms. The zero-order chi connectivity index (χ0) is 27.2. The molecule has 4 heterocycles. The SMILES string of the molecule is Cc1cccc(-c2ccn(-c3cc(N4CCOCC4)c4oc(C(O)CCCNC(=O)CCCCl)cc4n3)n2)c1. The number of hydrogen-bond acceptors (Lipinski definition) is 7. The van der Waals surface area contributed by atoms with Crippen LogP contribution in [0.15, 0.2) is 53.1 Å². The van der Waals surface area contributed by atoms with Crippen LogP contribution in [0.5, 0.6) is 0 Å². The number of carbonyl (C=O) groups is 1. The van der Waals surface area contributed by atoms with Crippen LogP contribution in [0.1, 0.15) is 43.1 Å². The Kier molecular flexibility index (Phi) is 8.81. The number of fused-ring (bicyclic) bond motifs is 1. The molecule has 1 atom stereocenters. The summed E-state index contributed by atoms with van der Waals surface area (Å²) in [6, 6.07) is 14.0. The number of hydrogen-bond donors (Lipinski definition) is 2. The van der Waals surface area contributed by atoms with E-state index >= 15 is 0 Å². The van der Waals surface area contributed by atoms with Crippen LogP contribution in [0.25, 0.3) is 28.2 Å². The number of ether oxygens (including phenoxy) is 1. The molecule has 1 aromatic carbocycles. The molecule has 0 spiro atoms. The lowest BCUT2D eigenvalue weighted by Gasteiger charge is -2.29. The molecule has 1 unspecified atom stereocenters. The summed E-state index contributed by atoms with van der Waals surface area (Å²) in [6.45, 7) is 5.27. The van der Waals surface area contributed by atoms with Gasteiger partial charge >= 0.3 is 0 Å². The fraction of sp³-hybridized carbons (Fsp3) is 0.414. The maximum atomic E-state index is 11.8. The Morgan fingerprint density at radius 2 is 2.03 bits per heavy atom. The minimum atomic E-state index is -0.808. The molecular weight excluding hydrogens is 518 g/mol. The molecule has 1 fully saturated rings. The second-order valence-electron chi connectivity index (χ2n) is 9.78. The Morgan fingerprint density at radius 1 is 1.18 bits per heavy atom. The molecule has 0 aliphatic carbocycles. The molecule has 1 saturated heterocycles. The van der Waals surface area contributed by atoms with Crippen LogP contribution in [-0.4, -0.2) is 64.5 Å². The highest BCUT2D eigenvalue weighted by atomic mass is 35.5. The monoisotopic (exact) mass is 551 g/mol. The number of aliphatic hydroxyl groups excluding tert-OH is 1. The van der Waals surface area contributed by atoms with Gasteiger partial charge < -0.3 is 24.5 Å². The van der Waals surface area contributed by atoms with Crippen LogP contribution in [0, 0.1) is 6.92 Å². The minimum Gasteiger partial charge on any atom is -0.454 e. The van der Waals surface area contributed by atoms with Crippen LogP contribution in [0.3, 0.4) is 0 Å². The topological polar surface area (TPSA) is 106 Å². The average molecular weight is 552 g/mol. The molecule has 1 amide bonds. The van der Waals surface area contributed by atoms with E-state index in [1.807, 2.05) is 30.5 Å². The van der Waals surface area contributed by atoms with E-state index in [1.165, 1.54) is 5.56 Å². The van der Waals surface area contributed by atoms with Gasteiger partial charge in [-0.2, -0.15) is 5.10 Å². The lowest BCUT2D eigenvalue weighted by Crippen LogP contribution is -2.36. The number of morpholine rings is 1. The minimum absolute atomic E-state index is 0.0232. The standard InChI is InChI=1S/C29H34ClN5O4/c1-20-5-2-6-21(17-20)22-9-12-35(33-22)27-19-24(34-13-15-38-16-14-34)29-23(32-27)18-26(39-29)25(36)7-4-11-31-28(37)8-3-10-30/h2,5-6,9,12,17-19,25,36H,3-4,7-8,10-11,13-16H2,1H3,(H,31,37). The van der Waals surface area contributed by atoms with E-state index in [1.54, 1.807) is 10.7 Å². The average Bonchev–Trinajstić information content (AvgIpc) is 3.62. The molecule has 9 nitrogen and oxygen atoms in total. The first kappa shape index (κ1) is 27.2. The number of rotatable bonds is 11. The van der Waals surface area contributed by atoms with Gasteiger partial charge in [0.25, 0.3) is 0 Å². The second-order valence-corrected chi connectivity index (χ2v) is 10.2. The van der Waals surface area contributed by atoms with Crippen molar-refractivity contribution in [3.63, 3.8) is 0 Å². The van der Waals surface area contributed by atoms with Crippen LogP contribution in [0.4, 0.5) is 5.69 Å². The lowest BCUT2D eigenvalue weighted by molar-refractivity contribution is -0.121. The summed E-state index contributed by atoms with van der Waals surface area (Å²) in [4.78, 5) is 18.9. The number of benzene rings is 1. The smallest absolute Gasteiger partial charge is 0.220 e. The number of amides is 1. The number of furan rings is 1. The van der Waals surface area contributed by atoms with Gasteiger partial charge in [-0.3, -0.25) is 4.79 Å². The maximum absolute atomic E-state index is 11.8. The number of aromatic nitrogens is 3. The normalized spacial score (nSPS) is 14.6. The zero-order valence-corrected chi connectivity index (χ0v) is 22.9. The third-order valence-corrected chi connectivity index (χ3v) is 7.06. The molecule has 0 radical (unpaired) electrons. The molecule has 3 aromatic heterocycles. The highest BCUT2D eigenvalue weighted by Crippen LogP contribution is 2.34. The predicted molar refractivity (Wildman–Crippen MR) is 151 cm³/mol. The summed E-state index contributed by atoms with van der Waals surface area (Å²) in [6.07, 6.45) is 3.24. The molecule has 206 valence electrons. The van der Waals surface area contributed by atoms with E-state index in [-0.39, 0.29) is 5.91 Å². The molecule has 0 bridgehead atoms. The van der Waals surface area contributed by atoms with Crippen LogP contribution in [-0.2, 0) is 9.53 Å². The van der Waals surface area contributed by atoms with Gasteiger partial charge in [0.05, 0.1) is 24.6 Å². The third kappa shape index (κ3) is 6.61. The Balaban J connectivity index is 1.38. The van der Waals surface area contributed by atoms with Gasteiger partial charge in [0.15, 0.2) is 11.4 Å². The Labute approximate surface area is 232 Å². The number of halogens is 1. The van der Waals surface area contributed by atoms with Crippen LogP contribution < -0.4 is 10.2 Å². The number of alkyl halides is 1. The second kappa shape index (κ2) is 12.6. The molecule has 4 aromatic rings. The number of pyridine rings is 1. The van der Waals surface area contributed by atoms with Gasteiger partial charge in [-0.1, -0.05) is 23.8 Å². The lowest BCUT2D eigenvalue weighted by atomic mass is 10.1. The number of aliphatic hydroxyl groups is 1. The molecule has 1 aliphatic rings. The van der Waals surface area contributed by atoms with Crippen molar-refractivity contribution in [2.45, 2.75) is 38.7 Å². The summed E-state index contributed by atoms with van der Waals surface area (Å²) >= 11 is 5.64. The molecule has 1 aliphatic heterocycles. The van der Waals surface area contributed by atoms with E-state index in [0.717, 1.165) is 30.0 Å². The fourth-order valence-electron chi connectivity index (χ4n) is 4.72. The first-order valence-electron chi connectivity index (χ1n) is 13.4. The predicted octanol–water partition coefficient (Wildman–Crippen LogP) is 4.77. The number of carbonyl (C=O) groups excluding carboxylic acids is 1. The number of nitrogens with one attached hydrogen (secondary N) is 1. The first-order chi connectivity index (χ1) is 19.0. The number of nitrogens with zero attached hydrogens (tertiary/aromatic N) is 4. The van der Waals surface area contributed by atoms with Gasteiger partial charge in [0.1, 0.15) is 17.4 Å². The van der Waals surface area contributed by atoms with Crippen LogP contribution >= 0.6 is 11.6 Å². The molecule has 2 N–H and O–H groups in total. The summed E-state index contributed by atoms with van der Waals surface area (Å²) < 4.78 is 13.5. The van der Waals surface area contributed by atoms with E-state index in [0.29, 0.717) is 74.0 Å². The Morgan fingerprint density at radius 3 is 2.82 bits per heavy atom. The quantitative estimate of drug-likeness (QED) is 0.204. The van der Waals surface area contributed by atoms with E-state index in [9.17, 15) is 9.90 Å². The number of aryl methyl sites for hydroxylation is 1. The van der Waals surface area contributed by atoms with Crippen molar-refractivity contribution < 1.29 is 19.1 Å². The fourth-order valence-corrected chi connectivity index (χ4v) is 4.86.